The molecule has 0 spiro atoms. The molecule has 3 aromatic rings. The molecule has 2 aliphatic heterocycles. The molecule has 4 heterocycles. The second-order valence-electron chi connectivity index (χ2n) is 8.42. The normalized spacial score (nSPS) is 19.4. The summed E-state index contributed by atoms with van der Waals surface area (Å²) in [5, 5.41) is 15.0. The van der Waals surface area contributed by atoms with Crippen LogP contribution in [0.2, 0.25) is 0 Å². The number of hydrogen-bond donors (Lipinski definition) is 2. The summed E-state index contributed by atoms with van der Waals surface area (Å²) in [7, 11) is 0. The summed E-state index contributed by atoms with van der Waals surface area (Å²) < 4.78 is 40.5. The van der Waals surface area contributed by atoms with Crippen molar-refractivity contribution in [1.82, 2.24) is 10.2 Å². The number of thioether (sulfide) groups is 2. The Morgan fingerprint density at radius 3 is 2.69 bits per heavy atom. The summed E-state index contributed by atoms with van der Waals surface area (Å²) in [5.41, 5.74) is -1.57. The Morgan fingerprint density at radius 1 is 1.21 bits per heavy atom. The van der Waals surface area contributed by atoms with Crippen molar-refractivity contribution < 1.29 is 32.7 Å². The molecular formula is C25H17F3N2O5S4. The van der Waals surface area contributed by atoms with Gasteiger partial charge in [-0.05, 0) is 40.6 Å². The van der Waals surface area contributed by atoms with Crippen molar-refractivity contribution >= 4 is 74.1 Å². The summed E-state index contributed by atoms with van der Waals surface area (Å²) in [5.74, 6) is -1.88. The minimum absolute atomic E-state index is 0.129. The van der Waals surface area contributed by atoms with Gasteiger partial charge in [0.05, 0.1) is 21.6 Å². The van der Waals surface area contributed by atoms with Crippen molar-refractivity contribution in [2.24, 2.45) is 0 Å². The number of hydrogen-bond acceptors (Lipinski definition) is 8. The van der Waals surface area contributed by atoms with Crippen molar-refractivity contribution in [2.45, 2.75) is 28.2 Å². The van der Waals surface area contributed by atoms with Gasteiger partial charge in [0.2, 0.25) is 5.91 Å². The maximum Gasteiger partial charge on any atom is 0.417 e. The van der Waals surface area contributed by atoms with Gasteiger partial charge < -0.3 is 10.4 Å². The van der Waals surface area contributed by atoms with Gasteiger partial charge in [0, 0.05) is 21.4 Å². The molecule has 0 aliphatic carbocycles. The minimum Gasteiger partial charge on any atom is -0.477 e. The number of nitrogens with zero attached hydrogens (tertiary/aromatic N) is 1. The molecule has 0 saturated carbocycles. The highest BCUT2D eigenvalue weighted by Crippen LogP contribution is 2.41. The predicted octanol–water partition coefficient (Wildman–Crippen LogP) is 4.93. The van der Waals surface area contributed by atoms with E-state index in [0.717, 1.165) is 45.0 Å². The van der Waals surface area contributed by atoms with Gasteiger partial charge in [-0.2, -0.15) is 13.2 Å². The molecule has 5 rings (SSSR count). The number of carbonyl (C=O) groups excluding carboxylic acids is 2. The fourth-order valence-electron chi connectivity index (χ4n) is 4.23. The van der Waals surface area contributed by atoms with Gasteiger partial charge in [0.15, 0.2) is 5.43 Å². The van der Waals surface area contributed by atoms with Crippen LogP contribution in [0.1, 0.15) is 10.4 Å². The second kappa shape index (κ2) is 10.8. The SMILES string of the molecule is O=C(Cc1cccs1)NC1C(=O)N2C(C(=O)O)=C(/C=C/Sc3cc(=O)c4c(C(F)(F)F)cccc4s3)CS[C@H]12. The summed E-state index contributed by atoms with van der Waals surface area (Å²) in [6.07, 6.45) is -3.01. The highest BCUT2D eigenvalue weighted by Gasteiger charge is 2.53. The van der Waals surface area contributed by atoms with E-state index in [1.165, 1.54) is 46.7 Å². The topological polar surface area (TPSA) is 104 Å². The van der Waals surface area contributed by atoms with Gasteiger partial charge in [-0.15, -0.1) is 34.4 Å². The number of benzene rings is 1. The fourth-order valence-corrected chi connectivity index (χ4v) is 8.27. The summed E-state index contributed by atoms with van der Waals surface area (Å²) in [6.45, 7) is 0. The predicted molar refractivity (Wildman–Crippen MR) is 146 cm³/mol. The molecule has 1 saturated heterocycles. The van der Waals surface area contributed by atoms with Crippen LogP contribution in [0.5, 0.6) is 0 Å². The zero-order chi connectivity index (χ0) is 27.9. The van der Waals surface area contributed by atoms with Crippen LogP contribution in [0, 0.1) is 0 Å². The number of allylic oxidation sites excluding steroid dienone is 1. The average molecular weight is 611 g/mol. The van der Waals surface area contributed by atoms with Gasteiger partial charge in [-0.25, -0.2) is 4.79 Å². The molecule has 2 atom stereocenters. The van der Waals surface area contributed by atoms with E-state index in [1.54, 1.807) is 0 Å². The highest BCUT2D eigenvalue weighted by atomic mass is 32.2. The summed E-state index contributed by atoms with van der Waals surface area (Å²) in [6, 6.07) is 7.49. The standard InChI is InChI=1S/C25H17F3N2O5S4/c26-25(27,28)14-4-1-5-16-19(14)15(31)10-18(39-16)37-8-6-12-11-38-23-20(22(33)30(23)21(12)24(34)35)29-17(32)9-13-3-2-7-36-13/h1-8,10,20,23H,9,11H2,(H,29,32)(H,34,35)/b8-6+/t20?,23-/m1/s1. The van der Waals surface area contributed by atoms with E-state index in [-0.39, 0.29) is 33.9 Å². The summed E-state index contributed by atoms with van der Waals surface area (Å²) >= 11 is 4.82. The Bertz CT molecular complexity index is 1600. The van der Waals surface area contributed by atoms with Gasteiger partial charge >= 0.3 is 12.1 Å². The van der Waals surface area contributed by atoms with E-state index >= 15 is 0 Å². The number of aliphatic carboxylic acids is 1. The number of nitrogens with one attached hydrogen (secondary N) is 1. The number of rotatable bonds is 7. The van der Waals surface area contributed by atoms with Crippen LogP contribution in [-0.2, 0) is 27.0 Å². The van der Waals surface area contributed by atoms with Crippen LogP contribution in [0.25, 0.3) is 10.1 Å². The van der Waals surface area contributed by atoms with Crippen LogP contribution in [0.15, 0.2) is 73.5 Å². The Kier molecular flexibility index (Phi) is 7.64. The number of thiophene rings is 1. The molecule has 1 aromatic carbocycles. The number of β-lactam (4-membered cyclic amide) rings is 1. The summed E-state index contributed by atoms with van der Waals surface area (Å²) in [4.78, 5) is 51.7. The number of fused-ring (bicyclic) bond motifs is 2. The van der Waals surface area contributed by atoms with Gasteiger partial charge in [-0.3, -0.25) is 19.3 Å². The maximum absolute atomic E-state index is 13.3. The fraction of sp³-hybridized carbons (Fsp3) is 0.200. The zero-order valence-electron chi connectivity index (χ0n) is 19.6. The first-order valence-electron chi connectivity index (χ1n) is 11.2. The molecule has 14 heteroatoms. The van der Waals surface area contributed by atoms with Crippen molar-refractivity contribution in [1.29, 1.82) is 0 Å². The Balaban J connectivity index is 1.32. The number of carbonyl (C=O) groups is 3. The maximum atomic E-state index is 13.3. The highest BCUT2D eigenvalue weighted by molar-refractivity contribution is 8.04. The lowest BCUT2D eigenvalue weighted by molar-refractivity contribution is -0.150. The Morgan fingerprint density at radius 2 is 2.00 bits per heavy atom. The molecule has 2 aromatic heterocycles. The molecule has 1 fully saturated rings. The van der Waals surface area contributed by atoms with E-state index in [9.17, 15) is 37.5 Å². The lowest BCUT2D eigenvalue weighted by Crippen LogP contribution is -2.70. The lowest BCUT2D eigenvalue weighted by atomic mass is 10.0. The first-order valence-corrected chi connectivity index (χ1v) is 14.9. The monoisotopic (exact) mass is 610 g/mol. The van der Waals surface area contributed by atoms with Crippen molar-refractivity contribution in [3.63, 3.8) is 0 Å². The van der Waals surface area contributed by atoms with E-state index in [1.807, 2.05) is 17.5 Å². The Labute approximate surface area is 235 Å². The van der Waals surface area contributed by atoms with Crippen LogP contribution in [0.4, 0.5) is 13.2 Å². The van der Waals surface area contributed by atoms with Crippen molar-refractivity contribution in [3.8, 4) is 0 Å². The third-order valence-corrected chi connectivity index (χ3v) is 10.1. The number of carboxylic acid groups (broad SMARTS) is 1. The van der Waals surface area contributed by atoms with Crippen LogP contribution >= 0.6 is 46.2 Å². The third-order valence-electron chi connectivity index (χ3n) is 5.92. The smallest absolute Gasteiger partial charge is 0.417 e. The van der Waals surface area contributed by atoms with Crippen LogP contribution in [-0.4, -0.2) is 45.0 Å². The number of amides is 2. The van der Waals surface area contributed by atoms with Crippen molar-refractivity contribution in [3.05, 3.63) is 85.2 Å². The van der Waals surface area contributed by atoms with E-state index in [4.69, 9.17) is 0 Å². The van der Waals surface area contributed by atoms with Crippen LogP contribution < -0.4 is 10.7 Å². The molecule has 2 amide bonds. The van der Waals surface area contributed by atoms with Crippen molar-refractivity contribution in [2.75, 3.05) is 5.75 Å². The first-order chi connectivity index (χ1) is 18.5. The molecule has 2 N–H and O–H groups in total. The molecule has 202 valence electrons. The van der Waals surface area contributed by atoms with Gasteiger partial charge in [-0.1, -0.05) is 23.9 Å². The number of carboxylic acids is 1. The van der Waals surface area contributed by atoms with E-state index < -0.39 is 40.5 Å². The first kappa shape index (κ1) is 27.5. The van der Waals surface area contributed by atoms with Gasteiger partial charge in [0.25, 0.3) is 5.91 Å². The number of alkyl halides is 3. The quantitative estimate of drug-likeness (QED) is 0.289. The largest absolute Gasteiger partial charge is 0.477 e. The van der Waals surface area contributed by atoms with Crippen LogP contribution in [0.3, 0.4) is 0 Å². The average Bonchev–Trinajstić information content (AvgIpc) is 3.38. The molecule has 39 heavy (non-hydrogen) atoms. The molecular weight excluding hydrogens is 594 g/mol. The molecule has 7 nitrogen and oxygen atoms in total. The lowest BCUT2D eigenvalue weighted by Gasteiger charge is -2.49. The minimum atomic E-state index is -4.66. The number of halogens is 3. The van der Waals surface area contributed by atoms with E-state index in [2.05, 4.69) is 5.32 Å². The third kappa shape index (κ3) is 5.51. The second-order valence-corrected chi connectivity index (χ2v) is 12.8. The molecule has 0 bridgehead atoms. The Hall–Kier alpha value is -3.07. The zero-order valence-corrected chi connectivity index (χ0v) is 22.8. The van der Waals surface area contributed by atoms with Gasteiger partial charge in [0.1, 0.15) is 17.1 Å². The van der Waals surface area contributed by atoms with E-state index in [0.29, 0.717) is 9.78 Å². The molecule has 1 unspecified atom stereocenters. The molecule has 2 aliphatic rings. The molecule has 0 radical (unpaired) electrons.